The topological polar surface area (TPSA) is 50.9 Å². The number of hydrogen-bond donors (Lipinski definition) is 1. The predicted octanol–water partition coefficient (Wildman–Crippen LogP) is 1.74. The first-order valence-electron chi connectivity index (χ1n) is 7.35. The monoisotopic (exact) mass is 251 g/mol. The third-order valence-corrected chi connectivity index (χ3v) is 5.14. The van der Waals surface area contributed by atoms with Crippen LogP contribution in [0.2, 0.25) is 0 Å². The molecule has 4 heteroatoms. The van der Waals surface area contributed by atoms with Crippen molar-refractivity contribution in [2.45, 2.75) is 63.6 Å². The molecule has 4 nitrogen and oxygen atoms in total. The molecule has 2 unspecified atom stereocenters. The Morgan fingerprint density at radius 2 is 2.17 bits per heavy atom. The van der Waals surface area contributed by atoms with E-state index in [1.165, 1.54) is 32.1 Å². The summed E-state index contributed by atoms with van der Waals surface area (Å²) in [7, 11) is 2.07. The van der Waals surface area contributed by atoms with E-state index in [0.717, 1.165) is 19.0 Å². The molecule has 2 atom stereocenters. The van der Waals surface area contributed by atoms with Crippen molar-refractivity contribution in [3.05, 3.63) is 0 Å². The summed E-state index contributed by atoms with van der Waals surface area (Å²) < 4.78 is 5.84. The minimum absolute atomic E-state index is 0.338. The maximum absolute atomic E-state index is 6.12. The summed E-state index contributed by atoms with van der Waals surface area (Å²) in [6, 6.07) is 1.05. The molecular weight excluding hydrogens is 226 g/mol. The van der Waals surface area contributed by atoms with Crippen LogP contribution in [0.25, 0.3) is 0 Å². The molecule has 0 aromatic rings. The van der Waals surface area contributed by atoms with E-state index in [1.807, 2.05) is 0 Å². The molecule has 0 bridgehead atoms. The van der Waals surface area contributed by atoms with Gasteiger partial charge in [-0.3, -0.25) is 0 Å². The lowest BCUT2D eigenvalue weighted by molar-refractivity contribution is -0.162. The van der Waals surface area contributed by atoms with Gasteiger partial charge in [0.25, 0.3) is 0 Å². The van der Waals surface area contributed by atoms with Crippen LogP contribution in [-0.2, 0) is 4.74 Å². The lowest BCUT2D eigenvalue weighted by atomic mass is 9.51. The Hall–Kier alpha value is -0.770. The van der Waals surface area contributed by atoms with Crippen molar-refractivity contribution < 1.29 is 4.74 Å². The molecule has 3 rings (SSSR count). The van der Waals surface area contributed by atoms with E-state index in [2.05, 4.69) is 18.9 Å². The zero-order chi connectivity index (χ0) is 12.8. The summed E-state index contributed by atoms with van der Waals surface area (Å²) in [6.07, 6.45) is 7.90. The van der Waals surface area contributed by atoms with Gasteiger partial charge in [0.1, 0.15) is 0 Å². The van der Waals surface area contributed by atoms with E-state index in [1.54, 1.807) is 0 Å². The van der Waals surface area contributed by atoms with Crippen LogP contribution in [0.4, 0.5) is 0 Å². The number of ether oxygens (including phenoxy) is 1. The van der Waals surface area contributed by atoms with Gasteiger partial charge in [-0.25, -0.2) is 4.99 Å². The average molecular weight is 251 g/mol. The smallest absolute Gasteiger partial charge is 0.191 e. The minimum Gasteiger partial charge on any atom is -0.378 e. The maximum Gasteiger partial charge on any atom is 0.191 e. The normalized spacial score (nSPS) is 34.0. The molecule has 0 aliphatic heterocycles. The Bertz CT molecular complexity index is 347. The van der Waals surface area contributed by atoms with Gasteiger partial charge >= 0.3 is 0 Å². The van der Waals surface area contributed by atoms with Crippen molar-refractivity contribution in [2.75, 3.05) is 13.7 Å². The van der Waals surface area contributed by atoms with Gasteiger partial charge in [0.05, 0.1) is 12.1 Å². The summed E-state index contributed by atoms with van der Waals surface area (Å²) in [5.74, 6) is 0.740. The summed E-state index contributed by atoms with van der Waals surface area (Å²) in [5.41, 5.74) is 6.46. The Kier molecular flexibility index (Phi) is 3.00. The van der Waals surface area contributed by atoms with Gasteiger partial charge in [-0.15, -0.1) is 0 Å². The van der Waals surface area contributed by atoms with Crippen molar-refractivity contribution >= 4 is 5.96 Å². The van der Waals surface area contributed by atoms with E-state index in [4.69, 9.17) is 15.5 Å². The van der Waals surface area contributed by atoms with Crippen molar-refractivity contribution in [3.8, 4) is 0 Å². The SMILES string of the molecule is CCOC1CC(N=C(N)N(C)C2CC2)C12CCC2. The molecule has 3 fully saturated rings. The molecule has 2 N–H and O–H groups in total. The predicted molar refractivity (Wildman–Crippen MR) is 72.5 cm³/mol. The van der Waals surface area contributed by atoms with Crippen LogP contribution in [0.3, 0.4) is 0 Å². The third-order valence-electron chi connectivity index (χ3n) is 5.14. The van der Waals surface area contributed by atoms with E-state index < -0.39 is 0 Å². The van der Waals surface area contributed by atoms with Crippen LogP contribution in [0.1, 0.15) is 45.4 Å². The van der Waals surface area contributed by atoms with Crippen LogP contribution in [-0.4, -0.2) is 42.7 Å². The Morgan fingerprint density at radius 1 is 1.44 bits per heavy atom. The second kappa shape index (κ2) is 4.41. The van der Waals surface area contributed by atoms with Gasteiger partial charge in [0, 0.05) is 25.1 Å². The average Bonchev–Trinajstić information content (AvgIpc) is 3.07. The number of hydrogen-bond acceptors (Lipinski definition) is 2. The number of nitrogens with zero attached hydrogens (tertiary/aromatic N) is 2. The second-order valence-corrected chi connectivity index (χ2v) is 6.11. The molecule has 3 aliphatic rings. The fourth-order valence-electron chi connectivity index (χ4n) is 3.48. The molecule has 0 saturated heterocycles. The van der Waals surface area contributed by atoms with Crippen molar-refractivity contribution in [2.24, 2.45) is 16.1 Å². The highest BCUT2D eigenvalue weighted by atomic mass is 16.5. The highest BCUT2D eigenvalue weighted by Crippen LogP contribution is 2.58. The number of guanidine groups is 1. The Labute approximate surface area is 110 Å². The van der Waals surface area contributed by atoms with Crippen molar-refractivity contribution in [3.63, 3.8) is 0 Å². The Morgan fingerprint density at radius 3 is 2.67 bits per heavy atom. The van der Waals surface area contributed by atoms with Crippen LogP contribution < -0.4 is 5.73 Å². The molecule has 0 amide bonds. The lowest BCUT2D eigenvalue weighted by Gasteiger charge is -2.59. The third kappa shape index (κ3) is 1.81. The molecule has 1 spiro atoms. The van der Waals surface area contributed by atoms with Gasteiger partial charge in [-0.2, -0.15) is 0 Å². The molecule has 0 aromatic carbocycles. The fraction of sp³-hybridized carbons (Fsp3) is 0.929. The first-order chi connectivity index (χ1) is 8.67. The lowest BCUT2D eigenvalue weighted by Crippen LogP contribution is -2.61. The number of nitrogens with two attached hydrogens (primary N) is 1. The second-order valence-electron chi connectivity index (χ2n) is 6.11. The van der Waals surface area contributed by atoms with Gasteiger partial charge in [0.15, 0.2) is 5.96 Å². The first kappa shape index (κ1) is 12.3. The fourth-order valence-corrected chi connectivity index (χ4v) is 3.48. The standard InChI is InChI=1S/C14H25N3O/c1-3-18-12-9-11(14(12)7-4-8-14)16-13(15)17(2)10-5-6-10/h10-12H,3-9H2,1-2H3,(H2,15,16). The minimum atomic E-state index is 0.338. The molecule has 3 aliphatic carbocycles. The first-order valence-corrected chi connectivity index (χ1v) is 7.35. The highest BCUT2D eigenvalue weighted by Gasteiger charge is 2.59. The summed E-state index contributed by atoms with van der Waals surface area (Å²) in [5, 5.41) is 0. The quantitative estimate of drug-likeness (QED) is 0.611. The van der Waals surface area contributed by atoms with Crippen LogP contribution >= 0.6 is 0 Å². The van der Waals surface area contributed by atoms with E-state index >= 15 is 0 Å². The van der Waals surface area contributed by atoms with Crippen LogP contribution in [0, 0.1) is 5.41 Å². The molecule has 0 radical (unpaired) electrons. The summed E-state index contributed by atoms with van der Waals surface area (Å²) in [4.78, 5) is 6.94. The Balaban J connectivity index is 1.64. The van der Waals surface area contributed by atoms with Crippen LogP contribution in [0.15, 0.2) is 4.99 Å². The van der Waals surface area contributed by atoms with Crippen molar-refractivity contribution in [1.29, 1.82) is 0 Å². The summed E-state index contributed by atoms with van der Waals surface area (Å²) >= 11 is 0. The molecule has 0 aromatic heterocycles. The molecule has 102 valence electrons. The van der Waals surface area contributed by atoms with E-state index in [0.29, 0.717) is 23.6 Å². The van der Waals surface area contributed by atoms with Gasteiger partial charge < -0.3 is 15.4 Å². The largest absolute Gasteiger partial charge is 0.378 e. The maximum atomic E-state index is 6.12. The molecular formula is C14H25N3O. The van der Waals surface area contributed by atoms with Crippen LogP contribution in [0.5, 0.6) is 0 Å². The van der Waals surface area contributed by atoms with Crippen molar-refractivity contribution in [1.82, 2.24) is 4.90 Å². The zero-order valence-corrected chi connectivity index (χ0v) is 11.6. The van der Waals surface area contributed by atoms with E-state index in [9.17, 15) is 0 Å². The van der Waals surface area contributed by atoms with Gasteiger partial charge in [-0.05, 0) is 39.0 Å². The van der Waals surface area contributed by atoms with Gasteiger partial charge in [-0.1, -0.05) is 6.42 Å². The molecule has 0 heterocycles. The molecule has 3 saturated carbocycles. The number of rotatable bonds is 4. The van der Waals surface area contributed by atoms with Gasteiger partial charge in [0.2, 0.25) is 0 Å². The zero-order valence-electron chi connectivity index (χ0n) is 11.6. The highest BCUT2D eigenvalue weighted by molar-refractivity contribution is 5.78. The van der Waals surface area contributed by atoms with E-state index in [-0.39, 0.29) is 0 Å². The number of aliphatic imine (C=N–C) groups is 1. The summed E-state index contributed by atoms with van der Waals surface area (Å²) in [6.45, 7) is 2.90. The molecule has 18 heavy (non-hydrogen) atoms.